The molecule has 0 saturated carbocycles. The summed E-state index contributed by atoms with van der Waals surface area (Å²) in [4.78, 5) is 13.3. The Hall–Kier alpha value is -0.140. The van der Waals surface area contributed by atoms with Gasteiger partial charge in [0.1, 0.15) is 6.10 Å². The molecule has 3 atom stereocenters. The largest absolute Gasteiger partial charge is 0.462 e. The highest BCUT2D eigenvalue weighted by molar-refractivity contribution is 14.1. The molecule has 1 heterocycles. The Morgan fingerprint density at radius 3 is 3.00 bits per heavy atom. The van der Waals surface area contributed by atoms with Gasteiger partial charge in [-0.25, -0.2) is 0 Å². The molecular formula is C13H22INO3. The highest BCUT2D eigenvalue weighted by Crippen LogP contribution is 2.25. The third-order valence-corrected chi connectivity index (χ3v) is 3.83. The molecule has 1 fully saturated rings. The van der Waals surface area contributed by atoms with E-state index in [0.717, 1.165) is 32.4 Å². The van der Waals surface area contributed by atoms with Crippen molar-refractivity contribution in [2.75, 3.05) is 20.1 Å². The van der Waals surface area contributed by atoms with Gasteiger partial charge in [0.05, 0.1) is 6.10 Å². The number of aliphatic hydroxyl groups excluding tert-OH is 1. The average molecular weight is 363 g/mol. The molecule has 4 nitrogen and oxygen atoms in total. The predicted octanol–water partition coefficient (Wildman–Crippen LogP) is 1.96. The zero-order valence-corrected chi connectivity index (χ0v) is 13.2. The van der Waals surface area contributed by atoms with Gasteiger partial charge in [0, 0.05) is 25.9 Å². The molecule has 0 radical (unpaired) electrons. The van der Waals surface area contributed by atoms with Crippen molar-refractivity contribution in [2.45, 2.75) is 38.4 Å². The molecular weight excluding hydrogens is 341 g/mol. The summed E-state index contributed by atoms with van der Waals surface area (Å²) in [5.41, 5.74) is 0. The summed E-state index contributed by atoms with van der Waals surface area (Å²) in [6.45, 7) is 3.13. The Bertz CT molecular complexity index is 296. The molecule has 18 heavy (non-hydrogen) atoms. The Morgan fingerprint density at radius 2 is 2.39 bits per heavy atom. The fourth-order valence-electron chi connectivity index (χ4n) is 2.40. The van der Waals surface area contributed by atoms with Crippen molar-refractivity contribution in [1.82, 2.24) is 4.90 Å². The highest BCUT2D eigenvalue weighted by Gasteiger charge is 2.34. The maximum absolute atomic E-state index is 11.1. The maximum Gasteiger partial charge on any atom is 0.302 e. The summed E-state index contributed by atoms with van der Waals surface area (Å²) >= 11 is 2.17. The molecule has 1 N–H and O–H groups in total. The minimum absolute atomic E-state index is 0.0234. The number of nitrogens with zero attached hydrogens (tertiary/aromatic N) is 1. The van der Waals surface area contributed by atoms with Crippen LogP contribution in [0.1, 0.15) is 26.2 Å². The van der Waals surface area contributed by atoms with Gasteiger partial charge in [0.15, 0.2) is 0 Å². The van der Waals surface area contributed by atoms with Crippen molar-refractivity contribution in [1.29, 1.82) is 0 Å². The number of ether oxygens (including phenoxy) is 1. The van der Waals surface area contributed by atoms with E-state index in [2.05, 4.69) is 27.5 Å². The summed E-state index contributed by atoms with van der Waals surface area (Å²) in [6.07, 6.45) is 3.87. The monoisotopic (exact) mass is 363 g/mol. The van der Waals surface area contributed by atoms with Crippen LogP contribution >= 0.6 is 22.6 Å². The van der Waals surface area contributed by atoms with E-state index in [-0.39, 0.29) is 18.0 Å². The smallest absolute Gasteiger partial charge is 0.302 e. The summed E-state index contributed by atoms with van der Waals surface area (Å²) in [5, 5.41) is 10.2. The molecule has 0 aromatic carbocycles. The number of esters is 1. The molecule has 0 spiro atoms. The maximum atomic E-state index is 11.1. The standard InChI is InChI=1S/C13H22INO3/c1-10(16)18-13-6-8-15(2)9-11(13)12(17)5-3-4-7-14/h4,7,11-13,17H,3,5-6,8-9H2,1-2H3/b7-4+/i14-4. The number of hydrogen-bond acceptors (Lipinski definition) is 4. The first kappa shape index (κ1) is 15.9. The number of rotatable bonds is 5. The van der Waals surface area contributed by atoms with Crippen LogP contribution in [-0.4, -0.2) is 48.3 Å². The zero-order valence-electron chi connectivity index (χ0n) is 11.0. The van der Waals surface area contributed by atoms with Gasteiger partial charge in [-0.2, -0.15) is 0 Å². The van der Waals surface area contributed by atoms with Crippen LogP contribution in [0.25, 0.3) is 0 Å². The number of aliphatic hydroxyl groups is 1. The minimum Gasteiger partial charge on any atom is -0.462 e. The van der Waals surface area contributed by atoms with Gasteiger partial charge in [-0.15, -0.1) is 0 Å². The molecule has 0 aromatic rings. The van der Waals surface area contributed by atoms with Crippen LogP contribution in [0.5, 0.6) is 0 Å². The minimum atomic E-state index is -0.412. The molecule has 1 saturated heterocycles. The molecule has 3 unspecified atom stereocenters. The Balaban J connectivity index is 2.56. The molecule has 0 aromatic heterocycles. The number of allylic oxidation sites excluding steroid dienone is 1. The average Bonchev–Trinajstić information content (AvgIpc) is 2.31. The molecule has 104 valence electrons. The number of likely N-dealkylation sites (tertiary alicyclic amines) is 1. The molecule has 0 amide bonds. The van der Waals surface area contributed by atoms with Crippen molar-refractivity contribution in [3.63, 3.8) is 0 Å². The van der Waals surface area contributed by atoms with Gasteiger partial charge in [0.2, 0.25) is 0 Å². The Morgan fingerprint density at radius 1 is 1.67 bits per heavy atom. The Labute approximate surface area is 123 Å². The number of piperidine rings is 1. The van der Waals surface area contributed by atoms with Gasteiger partial charge < -0.3 is 14.7 Å². The predicted molar refractivity (Wildman–Crippen MR) is 79.6 cm³/mol. The second-order valence-electron chi connectivity index (χ2n) is 4.87. The lowest BCUT2D eigenvalue weighted by atomic mass is 9.87. The Kier molecular flexibility index (Phi) is 7.18. The summed E-state index contributed by atoms with van der Waals surface area (Å²) in [6, 6.07) is 0. The van der Waals surface area contributed by atoms with Crippen LogP contribution in [0, 0.1) is 5.92 Å². The quantitative estimate of drug-likeness (QED) is 0.599. The number of carbonyl (C=O) groups is 1. The van der Waals surface area contributed by atoms with Gasteiger partial charge in [0.25, 0.3) is 0 Å². The summed E-state index contributed by atoms with van der Waals surface area (Å²) < 4.78 is 7.29. The van der Waals surface area contributed by atoms with Crippen LogP contribution in [0.4, 0.5) is 0 Å². The molecule has 1 aliphatic rings. The van der Waals surface area contributed by atoms with Crippen molar-refractivity contribution in [3.05, 3.63) is 10.2 Å². The van der Waals surface area contributed by atoms with Gasteiger partial charge in [-0.1, -0.05) is 28.7 Å². The van der Waals surface area contributed by atoms with Crippen LogP contribution in [0.2, 0.25) is 0 Å². The van der Waals surface area contributed by atoms with Crippen LogP contribution in [0.3, 0.4) is 0 Å². The van der Waals surface area contributed by atoms with E-state index < -0.39 is 6.10 Å². The van der Waals surface area contributed by atoms with E-state index in [1.54, 1.807) is 0 Å². The fraction of sp³-hybridized carbons (Fsp3) is 0.769. The van der Waals surface area contributed by atoms with E-state index in [9.17, 15) is 9.90 Å². The van der Waals surface area contributed by atoms with E-state index >= 15 is 0 Å². The summed E-state index contributed by atoms with van der Waals surface area (Å²) in [5.74, 6) is -0.232. The second-order valence-corrected chi connectivity index (χ2v) is 5.59. The van der Waals surface area contributed by atoms with Crippen LogP contribution in [-0.2, 0) is 9.53 Å². The topological polar surface area (TPSA) is 49.8 Å². The third kappa shape index (κ3) is 5.24. The van der Waals surface area contributed by atoms with E-state index in [4.69, 9.17) is 4.74 Å². The first-order valence-corrected chi connectivity index (χ1v) is 7.58. The molecule has 0 aliphatic carbocycles. The van der Waals surface area contributed by atoms with Crippen molar-refractivity contribution < 1.29 is 14.6 Å². The molecule has 1 rings (SSSR count). The van der Waals surface area contributed by atoms with Gasteiger partial charge >= 0.3 is 5.97 Å². The van der Waals surface area contributed by atoms with E-state index in [0.29, 0.717) is 0 Å². The molecule has 0 bridgehead atoms. The van der Waals surface area contributed by atoms with Crippen molar-refractivity contribution in [3.8, 4) is 0 Å². The lowest BCUT2D eigenvalue weighted by Crippen LogP contribution is -2.48. The first-order chi connectivity index (χ1) is 8.54. The SMILES string of the molecule is CC(=O)OC1CCN(C)CC1C(O)CC/C=C/[123I]. The fourth-order valence-corrected chi connectivity index (χ4v) is 2.76. The van der Waals surface area contributed by atoms with Crippen LogP contribution < -0.4 is 0 Å². The molecule has 1 aliphatic heterocycles. The van der Waals surface area contributed by atoms with E-state index in [1.807, 2.05) is 17.2 Å². The summed E-state index contributed by atoms with van der Waals surface area (Å²) in [7, 11) is 2.04. The van der Waals surface area contributed by atoms with Crippen molar-refractivity contribution >= 4 is 28.6 Å². The van der Waals surface area contributed by atoms with Crippen LogP contribution in [0.15, 0.2) is 10.2 Å². The van der Waals surface area contributed by atoms with Gasteiger partial charge in [-0.05, 0) is 30.4 Å². The number of carbonyl (C=O) groups excluding carboxylic acids is 1. The number of hydrogen-bond donors (Lipinski definition) is 1. The lowest BCUT2D eigenvalue weighted by molar-refractivity contribution is -0.155. The number of halogens is 1. The first-order valence-electron chi connectivity index (χ1n) is 6.33. The normalized spacial score (nSPS) is 27.3. The second kappa shape index (κ2) is 8.12. The third-order valence-electron chi connectivity index (χ3n) is 3.33. The lowest BCUT2D eigenvalue weighted by Gasteiger charge is -2.38. The van der Waals surface area contributed by atoms with Gasteiger partial charge in [-0.3, -0.25) is 4.79 Å². The van der Waals surface area contributed by atoms with E-state index in [1.165, 1.54) is 6.92 Å². The zero-order chi connectivity index (χ0) is 13.5. The van der Waals surface area contributed by atoms with Crippen molar-refractivity contribution in [2.24, 2.45) is 5.92 Å². The highest BCUT2D eigenvalue weighted by atomic mass is 123. The molecule has 5 heteroatoms.